The summed E-state index contributed by atoms with van der Waals surface area (Å²) in [5.41, 5.74) is 2.38. The van der Waals surface area contributed by atoms with Gasteiger partial charge < -0.3 is 20.2 Å². The molecule has 0 spiro atoms. The highest BCUT2D eigenvalue weighted by Crippen LogP contribution is 2.26. The van der Waals surface area contributed by atoms with Gasteiger partial charge in [0.2, 0.25) is 0 Å². The normalized spacial score (nSPS) is 13.9. The van der Waals surface area contributed by atoms with Crippen LogP contribution in [0.2, 0.25) is 0 Å². The van der Waals surface area contributed by atoms with Crippen LogP contribution < -0.4 is 10.2 Å². The number of anilines is 1. The van der Waals surface area contributed by atoms with Gasteiger partial charge in [0.25, 0.3) is 0 Å². The summed E-state index contributed by atoms with van der Waals surface area (Å²) in [4.78, 5) is 15.9. The first-order valence-electron chi connectivity index (χ1n) is 7.53. The fourth-order valence-corrected chi connectivity index (χ4v) is 2.32. The number of urea groups is 1. The minimum absolute atomic E-state index is 0.0237. The Morgan fingerprint density at radius 3 is 2.48 bits per heavy atom. The average molecular weight is 291 g/mol. The summed E-state index contributed by atoms with van der Waals surface area (Å²) in [5.74, 6) is 0. The van der Waals surface area contributed by atoms with Gasteiger partial charge >= 0.3 is 6.03 Å². The number of aliphatic hydroxyl groups excluding tert-OH is 1. The number of amides is 2. The smallest absolute Gasteiger partial charge is 0.317 e. The van der Waals surface area contributed by atoms with Crippen molar-refractivity contribution in [2.24, 2.45) is 0 Å². The predicted molar refractivity (Wildman–Crippen MR) is 84.7 cm³/mol. The van der Waals surface area contributed by atoms with Crippen molar-refractivity contribution in [2.75, 3.05) is 38.7 Å². The van der Waals surface area contributed by atoms with Crippen molar-refractivity contribution in [1.82, 2.24) is 10.2 Å². The average Bonchev–Trinajstić information content (AvgIpc) is 3.29. The molecule has 116 valence electrons. The van der Waals surface area contributed by atoms with Crippen LogP contribution in [0.1, 0.15) is 18.4 Å². The molecule has 1 aliphatic carbocycles. The third-order valence-corrected chi connectivity index (χ3v) is 3.73. The Bertz CT molecular complexity index is 455. The molecule has 2 rings (SSSR count). The van der Waals surface area contributed by atoms with Crippen LogP contribution in [0.5, 0.6) is 0 Å². The number of hydrogen-bond acceptors (Lipinski definition) is 3. The van der Waals surface area contributed by atoms with E-state index >= 15 is 0 Å². The van der Waals surface area contributed by atoms with E-state index < -0.39 is 0 Å². The zero-order valence-electron chi connectivity index (χ0n) is 12.9. The quantitative estimate of drug-likeness (QED) is 0.800. The number of nitrogens with zero attached hydrogens (tertiary/aromatic N) is 2. The van der Waals surface area contributed by atoms with Crippen LogP contribution in [0.25, 0.3) is 0 Å². The molecule has 0 heterocycles. The Balaban J connectivity index is 1.76. The topological polar surface area (TPSA) is 55.8 Å². The Morgan fingerprint density at radius 2 is 1.95 bits per heavy atom. The molecule has 0 bridgehead atoms. The standard InChI is InChI=1S/C16H25N3O2/c1-18(2)14-5-3-13(4-6-14)9-10-17-16(21)19(11-12-20)15-7-8-15/h3-6,15,20H,7-12H2,1-2H3,(H,17,21). The monoisotopic (exact) mass is 291 g/mol. The lowest BCUT2D eigenvalue weighted by atomic mass is 10.1. The Labute approximate surface area is 126 Å². The van der Waals surface area contributed by atoms with Gasteiger partial charge in [-0.1, -0.05) is 12.1 Å². The van der Waals surface area contributed by atoms with Crippen molar-refractivity contribution in [2.45, 2.75) is 25.3 Å². The molecular formula is C16H25N3O2. The van der Waals surface area contributed by atoms with Crippen molar-refractivity contribution in [1.29, 1.82) is 0 Å². The third kappa shape index (κ3) is 4.63. The first-order chi connectivity index (χ1) is 10.1. The van der Waals surface area contributed by atoms with E-state index in [0.717, 1.165) is 19.3 Å². The Kier molecular flexibility index (Phi) is 5.44. The van der Waals surface area contributed by atoms with E-state index in [1.165, 1.54) is 11.3 Å². The molecule has 1 fully saturated rings. The van der Waals surface area contributed by atoms with Gasteiger partial charge in [0.1, 0.15) is 0 Å². The fraction of sp³-hybridized carbons (Fsp3) is 0.562. The second-order valence-corrected chi connectivity index (χ2v) is 5.69. The number of hydrogen-bond donors (Lipinski definition) is 2. The Morgan fingerprint density at radius 1 is 1.29 bits per heavy atom. The molecule has 0 atom stereocenters. The zero-order valence-corrected chi connectivity index (χ0v) is 12.9. The van der Waals surface area contributed by atoms with Crippen LogP contribution >= 0.6 is 0 Å². The highest BCUT2D eigenvalue weighted by molar-refractivity contribution is 5.74. The summed E-state index contributed by atoms with van der Waals surface area (Å²) in [6.45, 7) is 1.07. The van der Waals surface area contributed by atoms with Gasteiger partial charge in [0.05, 0.1) is 6.61 Å². The van der Waals surface area contributed by atoms with Gasteiger partial charge in [-0.2, -0.15) is 0 Å². The van der Waals surface area contributed by atoms with Crippen LogP contribution in [-0.2, 0) is 6.42 Å². The fourth-order valence-electron chi connectivity index (χ4n) is 2.32. The second-order valence-electron chi connectivity index (χ2n) is 5.69. The molecule has 1 aromatic rings. The maximum atomic E-state index is 12.0. The van der Waals surface area contributed by atoms with E-state index in [2.05, 4.69) is 34.5 Å². The molecule has 5 heteroatoms. The number of carbonyl (C=O) groups is 1. The minimum Gasteiger partial charge on any atom is -0.395 e. The summed E-state index contributed by atoms with van der Waals surface area (Å²) in [7, 11) is 4.03. The van der Waals surface area contributed by atoms with Crippen molar-refractivity contribution < 1.29 is 9.90 Å². The molecular weight excluding hydrogens is 266 g/mol. The van der Waals surface area contributed by atoms with Crippen molar-refractivity contribution in [3.8, 4) is 0 Å². The summed E-state index contributed by atoms with van der Waals surface area (Å²) in [6, 6.07) is 8.62. The number of rotatable bonds is 7. The summed E-state index contributed by atoms with van der Waals surface area (Å²) < 4.78 is 0. The number of carbonyl (C=O) groups excluding carboxylic acids is 1. The number of nitrogens with one attached hydrogen (secondary N) is 1. The first kappa shape index (κ1) is 15.6. The molecule has 1 aliphatic rings. The molecule has 2 amide bonds. The van der Waals surface area contributed by atoms with Gasteiger partial charge in [-0.05, 0) is 37.0 Å². The molecule has 0 aliphatic heterocycles. The maximum Gasteiger partial charge on any atom is 0.317 e. The van der Waals surface area contributed by atoms with Crippen LogP contribution in [0.15, 0.2) is 24.3 Å². The molecule has 21 heavy (non-hydrogen) atoms. The molecule has 5 nitrogen and oxygen atoms in total. The van der Waals surface area contributed by atoms with Crippen LogP contribution in [0.4, 0.5) is 10.5 Å². The van der Waals surface area contributed by atoms with E-state index in [0.29, 0.717) is 19.1 Å². The van der Waals surface area contributed by atoms with Gasteiger partial charge in [0.15, 0.2) is 0 Å². The van der Waals surface area contributed by atoms with E-state index in [4.69, 9.17) is 5.11 Å². The van der Waals surface area contributed by atoms with Gasteiger partial charge in [0, 0.05) is 38.9 Å². The van der Waals surface area contributed by atoms with E-state index in [1.807, 2.05) is 14.1 Å². The summed E-state index contributed by atoms with van der Waals surface area (Å²) >= 11 is 0. The van der Waals surface area contributed by atoms with Gasteiger partial charge in [-0.25, -0.2) is 4.79 Å². The lowest BCUT2D eigenvalue weighted by Gasteiger charge is -2.21. The van der Waals surface area contributed by atoms with Crippen LogP contribution in [-0.4, -0.2) is 55.9 Å². The Hall–Kier alpha value is -1.75. The SMILES string of the molecule is CN(C)c1ccc(CCNC(=O)N(CCO)C2CC2)cc1. The number of benzene rings is 1. The van der Waals surface area contributed by atoms with E-state index in [-0.39, 0.29) is 12.6 Å². The minimum atomic E-state index is -0.0588. The van der Waals surface area contributed by atoms with Gasteiger partial charge in [-0.3, -0.25) is 0 Å². The molecule has 2 N–H and O–H groups in total. The third-order valence-electron chi connectivity index (χ3n) is 3.73. The highest BCUT2D eigenvalue weighted by atomic mass is 16.3. The number of aliphatic hydroxyl groups is 1. The molecule has 1 saturated carbocycles. The van der Waals surface area contributed by atoms with Crippen molar-refractivity contribution in [3.63, 3.8) is 0 Å². The second kappa shape index (κ2) is 7.31. The summed E-state index contributed by atoms with van der Waals surface area (Å²) in [6.07, 6.45) is 2.93. The van der Waals surface area contributed by atoms with E-state index in [1.54, 1.807) is 4.90 Å². The molecule has 1 aromatic carbocycles. The lowest BCUT2D eigenvalue weighted by molar-refractivity contribution is 0.174. The zero-order chi connectivity index (χ0) is 15.2. The largest absolute Gasteiger partial charge is 0.395 e. The predicted octanol–water partition coefficient (Wildman–Crippen LogP) is 1.46. The summed E-state index contributed by atoms with van der Waals surface area (Å²) in [5, 5.41) is 12.0. The van der Waals surface area contributed by atoms with Crippen LogP contribution in [0, 0.1) is 0 Å². The van der Waals surface area contributed by atoms with Crippen molar-refractivity contribution in [3.05, 3.63) is 29.8 Å². The molecule has 0 saturated heterocycles. The maximum absolute atomic E-state index is 12.0. The lowest BCUT2D eigenvalue weighted by Crippen LogP contribution is -2.43. The molecule has 0 unspecified atom stereocenters. The molecule has 0 aromatic heterocycles. The first-order valence-corrected chi connectivity index (χ1v) is 7.53. The molecule has 0 radical (unpaired) electrons. The van der Waals surface area contributed by atoms with Gasteiger partial charge in [-0.15, -0.1) is 0 Å². The highest BCUT2D eigenvalue weighted by Gasteiger charge is 2.31. The van der Waals surface area contributed by atoms with Crippen LogP contribution in [0.3, 0.4) is 0 Å². The van der Waals surface area contributed by atoms with Crippen molar-refractivity contribution >= 4 is 11.7 Å². The van der Waals surface area contributed by atoms with E-state index in [9.17, 15) is 4.79 Å².